The molecule has 0 aromatic carbocycles. The van der Waals surface area contributed by atoms with E-state index in [0.29, 0.717) is 18.2 Å². The van der Waals surface area contributed by atoms with E-state index in [1.165, 1.54) is 0 Å². The quantitative estimate of drug-likeness (QED) is 0.471. The van der Waals surface area contributed by atoms with E-state index in [1.54, 1.807) is 10.7 Å². The third-order valence-corrected chi connectivity index (χ3v) is 5.15. The Morgan fingerprint density at radius 2 is 2.23 bits per heavy atom. The maximum Gasteiger partial charge on any atom is 0.407 e. The Balaban J connectivity index is 1.40. The number of carbonyl (C=O) groups excluding carboxylic acids is 1. The van der Waals surface area contributed by atoms with Crippen molar-refractivity contribution in [1.29, 1.82) is 0 Å². The first-order valence-corrected chi connectivity index (χ1v) is 10.3. The molecular weight excluding hydrogens is 384 g/mol. The molecule has 3 aromatic rings. The maximum absolute atomic E-state index is 11.8. The van der Waals surface area contributed by atoms with Crippen LogP contribution in [-0.2, 0) is 11.3 Å². The van der Waals surface area contributed by atoms with Gasteiger partial charge in [0.2, 0.25) is 0 Å². The number of nitrogens with one attached hydrogen (secondary N) is 4. The van der Waals surface area contributed by atoms with E-state index >= 15 is 0 Å². The fourth-order valence-electron chi connectivity index (χ4n) is 3.82. The molecule has 10 nitrogen and oxygen atoms in total. The average Bonchev–Trinajstić information content (AvgIpc) is 3.41. The highest BCUT2D eigenvalue weighted by atomic mass is 16.6. The summed E-state index contributed by atoms with van der Waals surface area (Å²) in [5.74, 6) is 1.68. The minimum absolute atomic E-state index is 0.0683. The molecule has 1 aliphatic carbocycles. The first kappa shape index (κ1) is 20.1. The van der Waals surface area contributed by atoms with Crippen LogP contribution in [0.15, 0.2) is 24.5 Å². The van der Waals surface area contributed by atoms with Gasteiger partial charge in [-0.05, 0) is 46.2 Å². The van der Waals surface area contributed by atoms with Gasteiger partial charge in [-0.25, -0.2) is 14.3 Å². The standard InChI is InChI=1S/C20H28N8O2/c1-12(2)23-20(29)30-15-5-4-13(8-15)16-10-18(26-25-16)24-19-17-9-14(11-21-3)27-28(17)7-6-22-19/h6-7,9-10,12-13,15,21H,4-5,8,11H2,1-3H3,(H,23,29)(H2,22,24,25,26). The van der Waals surface area contributed by atoms with Gasteiger partial charge in [-0.2, -0.15) is 10.2 Å². The molecule has 2 unspecified atom stereocenters. The predicted octanol–water partition coefficient (Wildman–Crippen LogP) is 2.69. The van der Waals surface area contributed by atoms with Gasteiger partial charge in [-0.3, -0.25) is 5.10 Å². The lowest BCUT2D eigenvalue weighted by Gasteiger charge is -2.14. The second-order valence-corrected chi connectivity index (χ2v) is 7.94. The van der Waals surface area contributed by atoms with E-state index in [1.807, 2.05) is 39.2 Å². The van der Waals surface area contributed by atoms with Crippen LogP contribution in [-0.4, -0.2) is 50.1 Å². The normalized spacial score (nSPS) is 18.8. The summed E-state index contributed by atoms with van der Waals surface area (Å²) in [6, 6.07) is 4.07. The molecule has 0 aliphatic heterocycles. The smallest absolute Gasteiger partial charge is 0.407 e. The van der Waals surface area contributed by atoms with Crippen LogP contribution in [0.5, 0.6) is 0 Å². The molecule has 0 radical (unpaired) electrons. The van der Waals surface area contributed by atoms with E-state index < -0.39 is 0 Å². The lowest BCUT2D eigenvalue weighted by molar-refractivity contribution is 0.0981. The van der Waals surface area contributed by atoms with E-state index in [4.69, 9.17) is 4.74 Å². The van der Waals surface area contributed by atoms with Crippen LogP contribution in [0.2, 0.25) is 0 Å². The van der Waals surface area contributed by atoms with Crippen LogP contribution < -0.4 is 16.0 Å². The maximum atomic E-state index is 11.8. The van der Waals surface area contributed by atoms with Crippen molar-refractivity contribution in [3.63, 3.8) is 0 Å². The molecule has 0 bridgehead atoms. The largest absolute Gasteiger partial charge is 0.446 e. The SMILES string of the molecule is CNCc1cc2c(Nc3cc(C4CCC(OC(=O)NC(C)C)C4)[nH]n3)nccn2n1. The summed E-state index contributed by atoms with van der Waals surface area (Å²) in [6.07, 6.45) is 5.70. The number of amides is 1. The number of ether oxygens (including phenoxy) is 1. The third-order valence-electron chi connectivity index (χ3n) is 5.15. The molecule has 1 amide bonds. The Labute approximate surface area is 174 Å². The monoisotopic (exact) mass is 412 g/mol. The number of anilines is 2. The van der Waals surface area contributed by atoms with Gasteiger partial charge in [-0.1, -0.05) is 0 Å². The van der Waals surface area contributed by atoms with Crippen LogP contribution in [0.3, 0.4) is 0 Å². The number of carbonyl (C=O) groups is 1. The minimum Gasteiger partial charge on any atom is -0.446 e. The van der Waals surface area contributed by atoms with Crippen molar-refractivity contribution in [2.45, 2.75) is 57.7 Å². The Morgan fingerprint density at radius 3 is 3.03 bits per heavy atom. The van der Waals surface area contributed by atoms with Crippen molar-refractivity contribution >= 4 is 23.2 Å². The van der Waals surface area contributed by atoms with Gasteiger partial charge in [-0.15, -0.1) is 0 Å². The lowest BCUT2D eigenvalue weighted by atomic mass is 10.0. The number of alkyl carbamates (subject to hydrolysis) is 1. The lowest BCUT2D eigenvalue weighted by Crippen LogP contribution is -2.33. The molecule has 1 saturated carbocycles. The molecule has 4 rings (SSSR count). The number of aromatic nitrogens is 5. The van der Waals surface area contributed by atoms with Crippen LogP contribution in [0, 0.1) is 0 Å². The Morgan fingerprint density at radius 1 is 1.37 bits per heavy atom. The second-order valence-electron chi connectivity index (χ2n) is 7.94. The van der Waals surface area contributed by atoms with Gasteiger partial charge >= 0.3 is 6.09 Å². The number of nitrogens with zero attached hydrogens (tertiary/aromatic N) is 4. The summed E-state index contributed by atoms with van der Waals surface area (Å²) in [5, 5.41) is 21.2. The van der Waals surface area contributed by atoms with Crippen molar-refractivity contribution in [2.75, 3.05) is 12.4 Å². The van der Waals surface area contributed by atoms with Gasteiger partial charge in [0.25, 0.3) is 0 Å². The fourth-order valence-corrected chi connectivity index (χ4v) is 3.82. The van der Waals surface area contributed by atoms with Crippen molar-refractivity contribution in [1.82, 2.24) is 35.4 Å². The van der Waals surface area contributed by atoms with Crippen molar-refractivity contribution < 1.29 is 9.53 Å². The Hall–Kier alpha value is -3.14. The molecule has 0 spiro atoms. The molecular formula is C20H28N8O2. The Bertz CT molecular complexity index is 1010. The average molecular weight is 412 g/mol. The van der Waals surface area contributed by atoms with Crippen LogP contribution in [0.1, 0.15) is 50.4 Å². The van der Waals surface area contributed by atoms with E-state index in [9.17, 15) is 4.79 Å². The van der Waals surface area contributed by atoms with Crippen molar-refractivity contribution in [3.8, 4) is 0 Å². The van der Waals surface area contributed by atoms with E-state index in [2.05, 4.69) is 36.2 Å². The highest BCUT2D eigenvalue weighted by Gasteiger charge is 2.30. The number of fused-ring (bicyclic) bond motifs is 1. The minimum atomic E-state index is -0.347. The van der Waals surface area contributed by atoms with Crippen LogP contribution in [0.25, 0.3) is 5.52 Å². The topological polar surface area (TPSA) is 121 Å². The molecule has 3 aromatic heterocycles. The molecule has 3 heterocycles. The molecule has 30 heavy (non-hydrogen) atoms. The third kappa shape index (κ3) is 4.54. The second kappa shape index (κ2) is 8.70. The predicted molar refractivity (Wildman–Crippen MR) is 113 cm³/mol. The molecule has 1 aliphatic rings. The van der Waals surface area contributed by atoms with Gasteiger partial charge in [0, 0.05) is 42.7 Å². The molecule has 1 fully saturated rings. The summed E-state index contributed by atoms with van der Waals surface area (Å²) in [5.41, 5.74) is 2.86. The zero-order valence-electron chi connectivity index (χ0n) is 17.5. The number of rotatable bonds is 7. The molecule has 4 N–H and O–H groups in total. The van der Waals surface area contributed by atoms with Crippen LogP contribution >= 0.6 is 0 Å². The summed E-state index contributed by atoms with van der Waals surface area (Å²) < 4.78 is 7.32. The van der Waals surface area contributed by atoms with Gasteiger partial charge in [0.15, 0.2) is 11.6 Å². The molecule has 2 atom stereocenters. The van der Waals surface area contributed by atoms with Gasteiger partial charge < -0.3 is 20.7 Å². The number of H-pyrrole nitrogens is 1. The van der Waals surface area contributed by atoms with E-state index in [0.717, 1.165) is 36.2 Å². The van der Waals surface area contributed by atoms with Crippen molar-refractivity contribution in [2.24, 2.45) is 0 Å². The first-order valence-electron chi connectivity index (χ1n) is 10.3. The summed E-state index contributed by atoms with van der Waals surface area (Å²) in [4.78, 5) is 16.3. The number of hydrogen-bond acceptors (Lipinski definition) is 7. The fraction of sp³-hybridized carbons (Fsp3) is 0.500. The van der Waals surface area contributed by atoms with Crippen molar-refractivity contribution in [3.05, 3.63) is 35.9 Å². The summed E-state index contributed by atoms with van der Waals surface area (Å²) >= 11 is 0. The number of aromatic amines is 1. The van der Waals surface area contributed by atoms with Gasteiger partial charge in [0.1, 0.15) is 11.6 Å². The number of hydrogen-bond donors (Lipinski definition) is 4. The summed E-state index contributed by atoms with van der Waals surface area (Å²) in [7, 11) is 1.89. The summed E-state index contributed by atoms with van der Waals surface area (Å²) in [6.45, 7) is 4.52. The highest BCUT2D eigenvalue weighted by molar-refractivity contribution is 5.72. The van der Waals surface area contributed by atoms with Gasteiger partial charge in [0.05, 0.1) is 5.69 Å². The zero-order valence-corrected chi connectivity index (χ0v) is 17.5. The van der Waals surface area contributed by atoms with E-state index in [-0.39, 0.29) is 24.2 Å². The molecule has 0 saturated heterocycles. The molecule has 160 valence electrons. The zero-order chi connectivity index (χ0) is 21.1. The first-order chi connectivity index (χ1) is 14.5. The highest BCUT2D eigenvalue weighted by Crippen LogP contribution is 2.36. The Kier molecular flexibility index (Phi) is 5.84. The van der Waals surface area contributed by atoms with Crippen LogP contribution in [0.4, 0.5) is 16.4 Å². The molecule has 10 heteroatoms.